The zero-order chi connectivity index (χ0) is 18.6. The van der Waals surface area contributed by atoms with E-state index >= 15 is 0 Å². The summed E-state index contributed by atoms with van der Waals surface area (Å²) in [5.41, 5.74) is 6.32. The molecule has 132 valence electrons. The molecule has 25 heavy (non-hydrogen) atoms. The molecule has 0 saturated carbocycles. The van der Waals surface area contributed by atoms with Crippen LogP contribution >= 0.6 is 15.9 Å². The highest BCUT2D eigenvalue weighted by atomic mass is 79.9. The van der Waals surface area contributed by atoms with E-state index in [1.807, 2.05) is 6.07 Å². The molecule has 1 aliphatic rings. The Hall–Kier alpha value is -2.53. The van der Waals surface area contributed by atoms with Crippen molar-refractivity contribution in [3.63, 3.8) is 0 Å². The summed E-state index contributed by atoms with van der Waals surface area (Å²) in [6, 6.07) is 6.96. The number of carbonyl (C=O) groups is 2. The molecule has 1 aliphatic heterocycles. The number of hydrogen-bond acceptors (Lipinski definition) is 7. The Bertz CT molecular complexity index is 769. The lowest BCUT2D eigenvalue weighted by molar-refractivity contribution is -0.146. The van der Waals surface area contributed by atoms with E-state index in [9.17, 15) is 14.9 Å². The molecule has 0 aliphatic carbocycles. The Kier molecular flexibility index (Phi) is 6.04. The number of rotatable bonds is 5. The molecular weight excluding hydrogens is 392 g/mol. The lowest BCUT2D eigenvalue weighted by Gasteiger charge is -2.30. The quantitative estimate of drug-likeness (QED) is 0.743. The monoisotopic (exact) mass is 408 g/mol. The number of benzene rings is 1. The summed E-state index contributed by atoms with van der Waals surface area (Å²) < 4.78 is 16.2. The van der Waals surface area contributed by atoms with E-state index in [-0.39, 0.29) is 24.7 Å². The number of hydrogen-bond donors (Lipinski definition) is 1. The third kappa shape index (κ3) is 3.77. The Morgan fingerprint density at radius 3 is 2.64 bits per heavy atom. The number of fused-ring (bicyclic) bond motifs is 1. The fourth-order valence-electron chi connectivity index (χ4n) is 2.62. The Balaban J connectivity index is 2.63. The number of nitrogens with zero attached hydrogens (tertiary/aromatic N) is 1. The van der Waals surface area contributed by atoms with Crippen molar-refractivity contribution in [2.75, 3.05) is 13.2 Å². The van der Waals surface area contributed by atoms with Gasteiger partial charge in [-0.15, -0.1) is 0 Å². The van der Waals surface area contributed by atoms with Crippen molar-refractivity contribution in [2.24, 2.45) is 11.7 Å². The van der Waals surface area contributed by atoms with Gasteiger partial charge >= 0.3 is 11.9 Å². The van der Waals surface area contributed by atoms with E-state index in [4.69, 9.17) is 19.9 Å². The van der Waals surface area contributed by atoms with Gasteiger partial charge in [0.15, 0.2) is 5.92 Å². The molecule has 1 unspecified atom stereocenters. The first-order valence-corrected chi connectivity index (χ1v) is 8.44. The second kappa shape index (κ2) is 8.03. The van der Waals surface area contributed by atoms with Crippen molar-refractivity contribution in [1.29, 1.82) is 5.26 Å². The van der Waals surface area contributed by atoms with Crippen molar-refractivity contribution in [3.8, 4) is 11.8 Å². The summed E-state index contributed by atoms with van der Waals surface area (Å²) in [4.78, 5) is 24.7. The van der Waals surface area contributed by atoms with Gasteiger partial charge in [-0.3, -0.25) is 4.79 Å². The highest BCUT2D eigenvalue weighted by molar-refractivity contribution is 9.10. The average Bonchev–Trinajstić information content (AvgIpc) is 2.56. The minimum atomic E-state index is -1.27. The average molecular weight is 409 g/mol. The van der Waals surface area contributed by atoms with Crippen molar-refractivity contribution in [1.82, 2.24) is 0 Å². The van der Waals surface area contributed by atoms with Gasteiger partial charge in [0, 0.05) is 10.0 Å². The number of nitrogens with two attached hydrogens (primary N) is 1. The summed E-state index contributed by atoms with van der Waals surface area (Å²) in [5.74, 6) is -3.53. The van der Waals surface area contributed by atoms with Crippen molar-refractivity contribution < 1.29 is 23.8 Å². The van der Waals surface area contributed by atoms with E-state index < -0.39 is 23.8 Å². The topological polar surface area (TPSA) is 112 Å². The summed E-state index contributed by atoms with van der Waals surface area (Å²) in [5, 5.41) is 9.57. The maximum Gasteiger partial charge on any atom is 0.340 e. The Labute approximate surface area is 153 Å². The van der Waals surface area contributed by atoms with Crippen molar-refractivity contribution >= 4 is 27.9 Å². The van der Waals surface area contributed by atoms with Gasteiger partial charge in [0.05, 0.1) is 25.2 Å². The molecule has 0 saturated heterocycles. The van der Waals surface area contributed by atoms with Crippen LogP contribution in [0.15, 0.2) is 34.1 Å². The minimum Gasteiger partial charge on any atom is -0.465 e. The first-order valence-electron chi connectivity index (χ1n) is 7.64. The standard InChI is InChI=1S/C17H17BrN2O5/c1-3-23-16(21)11(8-19)13-10-7-9(18)5-6-12(10)25-15(20)14(13)17(22)24-4-2/h5-7,11,13H,3-4,20H2,1-2H3/t11?,13-/m0/s1. The molecule has 8 heteroatoms. The molecule has 0 fully saturated rings. The van der Waals surface area contributed by atoms with Gasteiger partial charge in [0.2, 0.25) is 5.88 Å². The predicted molar refractivity (Wildman–Crippen MR) is 91.1 cm³/mol. The highest BCUT2D eigenvalue weighted by Crippen LogP contribution is 2.44. The molecule has 0 spiro atoms. The van der Waals surface area contributed by atoms with Crippen LogP contribution in [-0.4, -0.2) is 25.2 Å². The lowest BCUT2D eigenvalue weighted by Crippen LogP contribution is -2.33. The van der Waals surface area contributed by atoms with Gasteiger partial charge < -0.3 is 19.9 Å². The molecule has 2 rings (SSSR count). The normalized spacial score (nSPS) is 17.0. The first kappa shape index (κ1) is 18.8. The summed E-state index contributed by atoms with van der Waals surface area (Å²) in [7, 11) is 0. The smallest absolute Gasteiger partial charge is 0.340 e. The van der Waals surface area contributed by atoms with Gasteiger partial charge in [-0.1, -0.05) is 15.9 Å². The highest BCUT2D eigenvalue weighted by Gasteiger charge is 2.43. The summed E-state index contributed by atoms with van der Waals surface area (Å²) in [6.07, 6.45) is 0. The van der Waals surface area contributed by atoms with Gasteiger partial charge in [-0.05, 0) is 32.0 Å². The number of carbonyl (C=O) groups excluding carboxylic acids is 2. The largest absolute Gasteiger partial charge is 0.465 e. The number of esters is 2. The van der Waals surface area contributed by atoms with Crippen LogP contribution in [0.2, 0.25) is 0 Å². The molecule has 0 aromatic heterocycles. The van der Waals surface area contributed by atoms with E-state index in [2.05, 4.69) is 15.9 Å². The zero-order valence-corrected chi connectivity index (χ0v) is 15.3. The lowest BCUT2D eigenvalue weighted by atomic mass is 9.79. The van der Waals surface area contributed by atoms with E-state index in [0.29, 0.717) is 15.8 Å². The van der Waals surface area contributed by atoms with Crippen LogP contribution in [0.4, 0.5) is 0 Å². The predicted octanol–water partition coefficient (Wildman–Crippen LogP) is 2.36. The van der Waals surface area contributed by atoms with Crippen LogP contribution < -0.4 is 10.5 Å². The molecular formula is C17H17BrN2O5. The number of nitriles is 1. The summed E-state index contributed by atoms with van der Waals surface area (Å²) in [6.45, 7) is 3.51. The molecule has 0 radical (unpaired) electrons. The maximum atomic E-state index is 12.4. The van der Waals surface area contributed by atoms with Crippen LogP contribution in [0, 0.1) is 17.2 Å². The van der Waals surface area contributed by atoms with Crippen LogP contribution in [0.3, 0.4) is 0 Å². The van der Waals surface area contributed by atoms with Gasteiger partial charge in [0.25, 0.3) is 0 Å². The molecule has 0 amide bonds. The zero-order valence-electron chi connectivity index (χ0n) is 13.7. The van der Waals surface area contributed by atoms with Crippen LogP contribution in [0.5, 0.6) is 5.75 Å². The fraction of sp³-hybridized carbons (Fsp3) is 0.353. The molecule has 0 bridgehead atoms. The van der Waals surface area contributed by atoms with Crippen LogP contribution in [-0.2, 0) is 19.1 Å². The first-order chi connectivity index (χ1) is 11.9. The Morgan fingerprint density at radius 1 is 1.36 bits per heavy atom. The second-order valence-corrected chi connectivity index (χ2v) is 6.03. The molecule has 1 heterocycles. The van der Waals surface area contributed by atoms with Gasteiger partial charge in [-0.2, -0.15) is 5.26 Å². The SMILES string of the molecule is CCOC(=O)C1=C(N)Oc2ccc(Br)cc2[C@H]1C(C#N)C(=O)OCC. The molecule has 2 N–H and O–H groups in total. The van der Waals surface area contributed by atoms with Gasteiger partial charge in [-0.25, -0.2) is 4.79 Å². The minimum absolute atomic E-state index is 0.0629. The van der Waals surface area contributed by atoms with Gasteiger partial charge in [0.1, 0.15) is 11.3 Å². The molecule has 7 nitrogen and oxygen atoms in total. The third-order valence-electron chi connectivity index (χ3n) is 3.61. The van der Waals surface area contributed by atoms with Crippen molar-refractivity contribution in [3.05, 3.63) is 39.7 Å². The summed E-state index contributed by atoms with van der Waals surface area (Å²) >= 11 is 3.34. The number of ether oxygens (including phenoxy) is 3. The van der Waals surface area contributed by atoms with E-state index in [1.165, 1.54) is 0 Å². The van der Waals surface area contributed by atoms with E-state index in [1.54, 1.807) is 32.0 Å². The number of halogens is 1. The van der Waals surface area contributed by atoms with Crippen LogP contribution in [0.25, 0.3) is 0 Å². The maximum absolute atomic E-state index is 12.4. The molecule has 2 atom stereocenters. The second-order valence-electron chi connectivity index (χ2n) is 5.12. The Morgan fingerprint density at radius 2 is 2.04 bits per heavy atom. The molecule has 1 aromatic rings. The fourth-order valence-corrected chi connectivity index (χ4v) is 2.99. The van der Waals surface area contributed by atoms with Crippen LogP contribution in [0.1, 0.15) is 25.3 Å². The molecule has 1 aromatic carbocycles. The third-order valence-corrected chi connectivity index (χ3v) is 4.10. The van der Waals surface area contributed by atoms with E-state index in [0.717, 1.165) is 0 Å². The van der Waals surface area contributed by atoms with Crippen molar-refractivity contribution in [2.45, 2.75) is 19.8 Å².